The van der Waals surface area contributed by atoms with Crippen molar-refractivity contribution in [2.24, 2.45) is 4.99 Å². The summed E-state index contributed by atoms with van der Waals surface area (Å²) in [5.74, 6) is 0.635. The molecule has 8 nitrogen and oxygen atoms in total. The lowest BCUT2D eigenvalue weighted by Gasteiger charge is -2.33. The highest BCUT2D eigenvalue weighted by molar-refractivity contribution is 5.99. The molecule has 0 radical (unpaired) electrons. The summed E-state index contributed by atoms with van der Waals surface area (Å²) in [6.07, 6.45) is 6.69. The quantitative estimate of drug-likeness (QED) is 0.217. The van der Waals surface area contributed by atoms with Gasteiger partial charge in [0.15, 0.2) is 0 Å². The molecule has 0 spiro atoms. The number of aromatic amines is 1. The number of unbranched alkanes of at least 4 members (excludes halogenated alkanes) is 1. The first-order valence-corrected chi connectivity index (χ1v) is 14.3. The van der Waals surface area contributed by atoms with Gasteiger partial charge >= 0.3 is 0 Å². The maximum atomic E-state index is 12.6. The van der Waals surface area contributed by atoms with Gasteiger partial charge in [-0.3, -0.25) is 9.79 Å². The molecule has 5 rings (SSSR count). The summed E-state index contributed by atoms with van der Waals surface area (Å²) in [6, 6.07) is 26.7. The zero-order valence-electron chi connectivity index (χ0n) is 23.8. The lowest BCUT2D eigenvalue weighted by molar-refractivity contribution is -0.121. The molecule has 0 aliphatic carbocycles. The minimum absolute atomic E-state index is 0.0545. The van der Waals surface area contributed by atoms with Gasteiger partial charge in [0.2, 0.25) is 11.7 Å². The highest BCUT2D eigenvalue weighted by Gasteiger charge is 2.22. The SMILES string of the molecule is CCCCC1N=C(C)C(CCC(=O)NCc2ccccc2)=CN1Cc1ccc(-c2ccccc2-c2nn[nH]n2)cc1. The van der Waals surface area contributed by atoms with E-state index in [4.69, 9.17) is 4.99 Å². The van der Waals surface area contributed by atoms with E-state index in [2.05, 4.69) is 81.2 Å². The molecule has 1 amide bonds. The molecule has 1 atom stereocenters. The summed E-state index contributed by atoms with van der Waals surface area (Å²) >= 11 is 0. The van der Waals surface area contributed by atoms with Gasteiger partial charge in [0.25, 0.3) is 0 Å². The monoisotopic (exact) mass is 547 g/mol. The van der Waals surface area contributed by atoms with E-state index in [1.165, 1.54) is 5.56 Å². The molecule has 1 aliphatic heterocycles. The summed E-state index contributed by atoms with van der Waals surface area (Å²) in [6.45, 7) is 5.58. The predicted octanol–water partition coefficient (Wildman–Crippen LogP) is 6.31. The zero-order chi connectivity index (χ0) is 28.4. The highest BCUT2D eigenvalue weighted by atomic mass is 16.1. The van der Waals surface area contributed by atoms with Gasteiger partial charge in [0.05, 0.1) is 0 Å². The molecule has 4 aromatic rings. The fourth-order valence-corrected chi connectivity index (χ4v) is 5.11. The van der Waals surface area contributed by atoms with Gasteiger partial charge in [-0.25, -0.2) is 0 Å². The zero-order valence-corrected chi connectivity index (χ0v) is 23.8. The average Bonchev–Trinajstić information content (AvgIpc) is 3.55. The lowest BCUT2D eigenvalue weighted by Crippen LogP contribution is -2.34. The van der Waals surface area contributed by atoms with Crippen molar-refractivity contribution in [3.63, 3.8) is 0 Å². The maximum absolute atomic E-state index is 12.6. The molecule has 2 N–H and O–H groups in total. The molecule has 1 aliphatic rings. The first-order chi connectivity index (χ1) is 20.1. The number of carbonyl (C=O) groups is 1. The second-order valence-electron chi connectivity index (χ2n) is 10.4. The van der Waals surface area contributed by atoms with Crippen molar-refractivity contribution < 1.29 is 4.79 Å². The number of benzene rings is 3. The first-order valence-electron chi connectivity index (χ1n) is 14.3. The van der Waals surface area contributed by atoms with Crippen LogP contribution in [-0.2, 0) is 17.9 Å². The number of allylic oxidation sites excluding steroid dienone is 1. The van der Waals surface area contributed by atoms with Crippen molar-refractivity contribution in [1.82, 2.24) is 30.8 Å². The maximum Gasteiger partial charge on any atom is 0.220 e. The molecule has 0 fully saturated rings. The molecule has 2 heterocycles. The van der Waals surface area contributed by atoms with Crippen LogP contribution < -0.4 is 5.32 Å². The summed E-state index contributed by atoms with van der Waals surface area (Å²) in [5, 5.41) is 17.6. The number of hydrogen-bond donors (Lipinski definition) is 2. The van der Waals surface area contributed by atoms with Gasteiger partial charge in [-0.2, -0.15) is 5.21 Å². The van der Waals surface area contributed by atoms with Crippen LogP contribution in [0.4, 0.5) is 0 Å². The van der Waals surface area contributed by atoms with Crippen LogP contribution in [0.15, 0.2) is 95.6 Å². The minimum Gasteiger partial charge on any atom is -0.352 e. The van der Waals surface area contributed by atoms with E-state index in [-0.39, 0.29) is 12.1 Å². The molecule has 210 valence electrons. The van der Waals surface area contributed by atoms with Gasteiger partial charge < -0.3 is 10.2 Å². The van der Waals surface area contributed by atoms with Crippen LogP contribution in [0.25, 0.3) is 22.5 Å². The number of amides is 1. The second kappa shape index (κ2) is 13.7. The lowest BCUT2D eigenvalue weighted by atomic mass is 9.98. The third-order valence-electron chi connectivity index (χ3n) is 7.43. The highest BCUT2D eigenvalue weighted by Crippen LogP contribution is 2.30. The Morgan fingerprint density at radius 3 is 2.44 bits per heavy atom. The van der Waals surface area contributed by atoms with Crippen LogP contribution in [0.3, 0.4) is 0 Å². The Hall–Kier alpha value is -4.59. The number of carbonyl (C=O) groups excluding carboxylic acids is 1. The van der Waals surface area contributed by atoms with Crippen LogP contribution in [0.2, 0.25) is 0 Å². The summed E-state index contributed by atoms with van der Waals surface area (Å²) < 4.78 is 0. The Labute approximate surface area is 241 Å². The van der Waals surface area contributed by atoms with Crippen molar-refractivity contribution >= 4 is 11.6 Å². The van der Waals surface area contributed by atoms with Gasteiger partial charge in [0, 0.05) is 37.0 Å². The van der Waals surface area contributed by atoms with Gasteiger partial charge in [-0.1, -0.05) is 92.2 Å². The Bertz CT molecular complexity index is 1480. The minimum atomic E-state index is 0.0545. The van der Waals surface area contributed by atoms with E-state index in [0.29, 0.717) is 25.2 Å². The number of tetrazole rings is 1. The van der Waals surface area contributed by atoms with Crippen LogP contribution >= 0.6 is 0 Å². The number of nitrogens with one attached hydrogen (secondary N) is 2. The molecule has 0 saturated heterocycles. The fraction of sp³-hybridized carbons (Fsp3) is 0.303. The standard InChI is InChI=1S/C33H37N7O/c1-3-4-14-31-35-24(2)28(19-20-32(41)34-21-25-10-6-5-7-11-25)23-40(31)22-26-15-17-27(18-16-26)29-12-8-9-13-30(29)33-36-38-39-37-33/h5-13,15-18,23,31H,3-4,14,19-22H2,1-2H3,(H,34,41)(H,36,37,38,39). The Morgan fingerprint density at radius 1 is 0.951 bits per heavy atom. The van der Waals surface area contributed by atoms with Crippen LogP contribution in [0.5, 0.6) is 0 Å². The molecular weight excluding hydrogens is 510 g/mol. The molecule has 1 aromatic heterocycles. The van der Waals surface area contributed by atoms with E-state index >= 15 is 0 Å². The summed E-state index contributed by atoms with van der Waals surface area (Å²) in [7, 11) is 0. The van der Waals surface area contributed by atoms with E-state index < -0.39 is 0 Å². The van der Waals surface area contributed by atoms with Crippen molar-refractivity contribution in [2.45, 2.75) is 65.2 Å². The van der Waals surface area contributed by atoms with Crippen molar-refractivity contribution in [2.75, 3.05) is 0 Å². The number of aromatic nitrogens is 4. The van der Waals surface area contributed by atoms with Crippen LogP contribution in [-0.4, -0.2) is 43.3 Å². The number of aliphatic imine (C=N–C) groups is 1. The van der Waals surface area contributed by atoms with Crippen molar-refractivity contribution in [1.29, 1.82) is 0 Å². The number of nitrogens with zero attached hydrogens (tertiary/aromatic N) is 5. The number of H-pyrrole nitrogens is 1. The Morgan fingerprint density at radius 2 is 1.71 bits per heavy atom. The van der Waals surface area contributed by atoms with Crippen molar-refractivity contribution in [3.05, 3.63) is 102 Å². The summed E-state index contributed by atoms with van der Waals surface area (Å²) in [5.41, 5.74) is 7.57. The smallest absolute Gasteiger partial charge is 0.220 e. The summed E-state index contributed by atoms with van der Waals surface area (Å²) in [4.78, 5) is 20.0. The van der Waals surface area contributed by atoms with E-state index in [0.717, 1.165) is 59.3 Å². The molecule has 0 saturated carbocycles. The van der Waals surface area contributed by atoms with E-state index in [1.54, 1.807) is 0 Å². The molecule has 3 aromatic carbocycles. The van der Waals surface area contributed by atoms with Crippen LogP contribution in [0, 0.1) is 0 Å². The Balaban J connectivity index is 1.27. The van der Waals surface area contributed by atoms with Crippen molar-refractivity contribution in [3.8, 4) is 22.5 Å². The van der Waals surface area contributed by atoms with E-state index in [9.17, 15) is 4.79 Å². The third-order valence-corrected chi connectivity index (χ3v) is 7.43. The molecule has 1 unspecified atom stereocenters. The largest absolute Gasteiger partial charge is 0.352 e. The number of hydrogen-bond acceptors (Lipinski definition) is 6. The van der Waals surface area contributed by atoms with Gasteiger partial charge in [-0.05, 0) is 59.2 Å². The van der Waals surface area contributed by atoms with Gasteiger partial charge in [-0.15, -0.1) is 10.2 Å². The third kappa shape index (κ3) is 7.33. The molecule has 41 heavy (non-hydrogen) atoms. The van der Waals surface area contributed by atoms with Gasteiger partial charge in [0.1, 0.15) is 6.17 Å². The normalized spacial score (nSPS) is 14.9. The predicted molar refractivity (Wildman–Crippen MR) is 163 cm³/mol. The Kier molecular flexibility index (Phi) is 9.31. The molecule has 0 bridgehead atoms. The average molecular weight is 548 g/mol. The molecular formula is C33H37N7O. The number of rotatable bonds is 12. The van der Waals surface area contributed by atoms with E-state index in [1.807, 2.05) is 48.5 Å². The topological polar surface area (TPSA) is 99.2 Å². The van der Waals surface area contributed by atoms with Crippen LogP contribution in [0.1, 0.15) is 57.1 Å². The fourth-order valence-electron chi connectivity index (χ4n) is 5.11. The second-order valence-corrected chi connectivity index (χ2v) is 10.4. The first kappa shape index (κ1) is 28.0. The molecule has 8 heteroatoms.